The van der Waals surface area contributed by atoms with Gasteiger partial charge in [-0.25, -0.2) is 0 Å². The van der Waals surface area contributed by atoms with E-state index in [1.807, 2.05) is 0 Å². The first kappa shape index (κ1) is 19.3. The standard InChI is InChI=1S/C12H18N4O4.BrH/c1-20-7-6-14-12(13)15-8-11(17)9-2-4-10(5-3-9)16(18)19;/h2-5,11,17H,6-8H2,1H3,(H3,13,14,15);1H. The van der Waals surface area contributed by atoms with E-state index in [0.29, 0.717) is 18.7 Å². The van der Waals surface area contributed by atoms with Crippen LogP contribution in [0.25, 0.3) is 0 Å². The first-order valence-electron chi connectivity index (χ1n) is 5.99. The lowest BCUT2D eigenvalue weighted by Crippen LogP contribution is -2.34. The molecule has 1 rings (SSSR count). The lowest BCUT2D eigenvalue weighted by molar-refractivity contribution is -0.384. The van der Waals surface area contributed by atoms with E-state index in [1.54, 1.807) is 7.11 Å². The summed E-state index contributed by atoms with van der Waals surface area (Å²) in [5.74, 6) is 0.211. The molecule has 0 aromatic heterocycles. The van der Waals surface area contributed by atoms with Crippen molar-refractivity contribution in [3.8, 4) is 0 Å². The number of aliphatic hydroxyl groups is 1. The van der Waals surface area contributed by atoms with E-state index in [2.05, 4.69) is 10.3 Å². The molecule has 9 heteroatoms. The fourth-order valence-corrected chi connectivity index (χ4v) is 1.45. The smallest absolute Gasteiger partial charge is 0.269 e. The number of nitrogens with two attached hydrogens (primary N) is 1. The highest BCUT2D eigenvalue weighted by molar-refractivity contribution is 8.93. The van der Waals surface area contributed by atoms with Crippen LogP contribution in [0.3, 0.4) is 0 Å². The van der Waals surface area contributed by atoms with Crippen LogP contribution in [0.2, 0.25) is 0 Å². The molecule has 0 aliphatic rings. The maximum absolute atomic E-state index is 10.5. The molecule has 1 aromatic carbocycles. The van der Waals surface area contributed by atoms with Gasteiger partial charge in [-0.1, -0.05) is 0 Å². The fourth-order valence-electron chi connectivity index (χ4n) is 1.45. The van der Waals surface area contributed by atoms with Crippen molar-refractivity contribution in [3.63, 3.8) is 0 Å². The van der Waals surface area contributed by atoms with Gasteiger partial charge in [-0.15, -0.1) is 17.0 Å². The minimum Gasteiger partial charge on any atom is -0.386 e. The molecule has 1 unspecified atom stereocenters. The molecule has 0 aliphatic heterocycles. The van der Waals surface area contributed by atoms with Gasteiger partial charge in [0.1, 0.15) is 0 Å². The number of halogens is 1. The number of benzene rings is 1. The van der Waals surface area contributed by atoms with Crippen molar-refractivity contribution >= 4 is 28.6 Å². The second-order valence-corrected chi connectivity index (χ2v) is 4.01. The molecule has 0 bridgehead atoms. The molecular weight excluding hydrogens is 344 g/mol. The van der Waals surface area contributed by atoms with Crippen LogP contribution >= 0.6 is 17.0 Å². The van der Waals surface area contributed by atoms with Gasteiger partial charge in [0.15, 0.2) is 5.96 Å². The van der Waals surface area contributed by atoms with Gasteiger partial charge in [0, 0.05) is 25.8 Å². The molecule has 0 radical (unpaired) electrons. The number of methoxy groups -OCH3 is 1. The van der Waals surface area contributed by atoms with Crippen molar-refractivity contribution < 1.29 is 14.8 Å². The Morgan fingerprint density at radius 2 is 2.14 bits per heavy atom. The number of rotatable bonds is 7. The summed E-state index contributed by atoms with van der Waals surface area (Å²) in [6.45, 7) is 1.10. The van der Waals surface area contributed by atoms with Crippen LogP contribution in [0.4, 0.5) is 5.69 Å². The van der Waals surface area contributed by atoms with E-state index in [9.17, 15) is 15.2 Å². The van der Waals surface area contributed by atoms with E-state index >= 15 is 0 Å². The summed E-state index contributed by atoms with van der Waals surface area (Å²) in [6.07, 6.45) is -0.862. The number of nitro groups is 1. The largest absolute Gasteiger partial charge is 0.386 e. The summed E-state index contributed by atoms with van der Waals surface area (Å²) < 4.78 is 4.84. The lowest BCUT2D eigenvalue weighted by Gasteiger charge is -2.09. The zero-order valence-corrected chi connectivity index (χ0v) is 13.3. The normalized spacial score (nSPS) is 12.4. The topological polar surface area (TPSA) is 123 Å². The summed E-state index contributed by atoms with van der Waals surface area (Å²) in [5, 5.41) is 23.2. The molecule has 0 heterocycles. The number of nitrogens with zero attached hydrogens (tertiary/aromatic N) is 2. The second kappa shape index (κ2) is 10.1. The molecule has 0 spiro atoms. The molecule has 0 amide bonds. The highest BCUT2D eigenvalue weighted by Gasteiger charge is 2.10. The van der Waals surface area contributed by atoms with Crippen LogP contribution in [0, 0.1) is 10.1 Å². The number of nitrogens with one attached hydrogen (secondary N) is 1. The SMILES string of the molecule is Br.COCCNC(N)=NCC(O)c1ccc([N+](=O)[O-])cc1. The number of nitro benzene ring substituents is 1. The predicted octanol–water partition coefficient (Wildman–Crippen LogP) is 0.757. The lowest BCUT2D eigenvalue weighted by atomic mass is 10.1. The van der Waals surface area contributed by atoms with Crippen molar-refractivity contribution in [2.45, 2.75) is 6.10 Å². The first-order chi connectivity index (χ1) is 9.54. The van der Waals surface area contributed by atoms with E-state index in [1.165, 1.54) is 24.3 Å². The van der Waals surface area contributed by atoms with Crippen molar-refractivity contribution in [1.29, 1.82) is 0 Å². The molecule has 8 nitrogen and oxygen atoms in total. The van der Waals surface area contributed by atoms with Crippen molar-refractivity contribution in [1.82, 2.24) is 5.32 Å². The van der Waals surface area contributed by atoms with Crippen molar-refractivity contribution in [2.75, 3.05) is 26.8 Å². The average molecular weight is 363 g/mol. The number of guanidine groups is 1. The van der Waals surface area contributed by atoms with E-state index in [4.69, 9.17) is 10.5 Å². The van der Waals surface area contributed by atoms with Gasteiger partial charge in [0.05, 0.1) is 24.2 Å². The summed E-state index contributed by atoms with van der Waals surface area (Å²) in [7, 11) is 1.58. The summed E-state index contributed by atoms with van der Waals surface area (Å²) in [4.78, 5) is 14.0. The van der Waals surface area contributed by atoms with Gasteiger partial charge in [-0.2, -0.15) is 0 Å². The third-order valence-corrected chi connectivity index (χ3v) is 2.54. The Labute approximate surface area is 132 Å². The Hall–Kier alpha value is -1.71. The Morgan fingerprint density at radius 3 is 2.67 bits per heavy atom. The maximum Gasteiger partial charge on any atom is 0.269 e. The molecule has 0 saturated heterocycles. The number of aliphatic imine (C=N–C) groups is 1. The van der Waals surface area contributed by atoms with E-state index in [-0.39, 0.29) is 35.2 Å². The minimum atomic E-state index is -0.862. The van der Waals surface area contributed by atoms with Crippen LogP contribution in [-0.2, 0) is 4.74 Å². The van der Waals surface area contributed by atoms with Crippen molar-refractivity contribution in [2.24, 2.45) is 10.7 Å². The van der Waals surface area contributed by atoms with Crippen LogP contribution in [0.1, 0.15) is 11.7 Å². The quantitative estimate of drug-likeness (QED) is 0.216. The number of hydrogen-bond donors (Lipinski definition) is 3. The zero-order valence-electron chi connectivity index (χ0n) is 11.6. The highest BCUT2D eigenvalue weighted by atomic mass is 79.9. The second-order valence-electron chi connectivity index (χ2n) is 4.01. The van der Waals surface area contributed by atoms with Crippen LogP contribution in [0.15, 0.2) is 29.3 Å². The molecule has 0 fully saturated rings. The first-order valence-corrected chi connectivity index (χ1v) is 5.99. The van der Waals surface area contributed by atoms with E-state index in [0.717, 1.165) is 0 Å². The number of ether oxygens (including phenoxy) is 1. The number of aliphatic hydroxyl groups excluding tert-OH is 1. The van der Waals surface area contributed by atoms with Crippen LogP contribution in [0.5, 0.6) is 0 Å². The average Bonchev–Trinajstić information content (AvgIpc) is 2.45. The summed E-state index contributed by atoms with van der Waals surface area (Å²) in [5.41, 5.74) is 6.11. The Morgan fingerprint density at radius 1 is 1.52 bits per heavy atom. The van der Waals surface area contributed by atoms with Gasteiger partial charge in [0.25, 0.3) is 5.69 Å². The minimum absolute atomic E-state index is 0. The summed E-state index contributed by atoms with van der Waals surface area (Å²) in [6, 6.07) is 5.66. The van der Waals surface area contributed by atoms with Crippen LogP contribution < -0.4 is 11.1 Å². The molecule has 0 saturated carbocycles. The van der Waals surface area contributed by atoms with Crippen LogP contribution in [-0.4, -0.2) is 42.8 Å². The Kier molecular flexibility index (Phi) is 9.26. The van der Waals surface area contributed by atoms with Gasteiger partial charge in [0.2, 0.25) is 0 Å². The molecule has 21 heavy (non-hydrogen) atoms. The predicted molar refractivity (Wildman–Crippen MR) is 84.7 cm³/mol. The molecular formula is C12H19BrN4O4. The molecule has 4 N–H and O–H groups in total. The monoisotopic (exact) mass is 362 g/mol. The molecule has 1 aromatic rings. The van der Waals surface area contributed by atoms with E-state index < -0.39 is 11.0 Å². The summed E-state index contributed by atoms with van der Waals surface area (Å²) >= 11 is 0. The molecule has 0 aliphatic carbocycles. The molecule has 1 atom stereocenters. The number of non-ortho nitro benzene ring substituents is 1. The molecule has 118 valence electrons. The van der Waals surface area contributed by atoms with Gasteiger partial charge in [-0.3, -0.25) is 15.1 Å². The van der Waals surface area contributed by atoms with Gasteiger partial charge in [-0.05, 0) is 17.7 Å². The Balaban J connectivity index is 0.00000400. The van der Waals surface area contributed by atoms with Gasteiger partial charge < -0.3 is 20.9 Å². The number of hydrogen-bond acceptors (Lipinski definition) is 5. The maximum atomic E-state index is 10.5. The Bertz CT molecular complexity index is 467. The third-order valence-electron chi connectivity index (χ3n) is 2.54. The van der Waals surface area contributed by atoms with Gasteiger partial charge >= 0.3 is 0 Å². The highest BCUT2D eigenvalue weighted by Crippen LogP contribution is 2.17. The zero-order chi connectivity index (χ0) is 15.0. The fraction of sp³-hybridized carbons (Fsp3) is 0.417. The third kappa shape index (κ3) is 7.02. The van der Waals surface area contributed by atoms with Crippen molar-refractivity contribution in [3.05, 3.63) is 39.9 Å².